The summed E-state index contributed by atoms with van der Waals surface area (Å²) < 4.78 is 41.6. The number of thiazole rings is 1. The topological polar surface area (TPSA) is 86.0 Å². The van der Waals surface area contributed by atoms with Crippen molar-refractivity contribution in [3.8, 4) is 5.69 Å². The van der Waals surface area contributed by atoms with Crippen molar-refractivity contribution < 1.29 is 18.0 Å². The maximum atomic E-state index is 13.2. The highest BCUT2D eigenvalue weighted by Crippen LogP contribution is 2.30. The first-order valence-electron chi connectivity index (χ1n) is 9.42. The molecule has 33 heavy (non-hydrogen) atoms. The number of rotatable bonds is 5. The van der Waals surface area contributed by atoms with Crippen LogP contribution in [0.4, 0.5) is 18.9 Å². The van der Waals surface area contributed by atoms with Crippen LogP contribution in [0.15, 0.2) is 68.5 Å². The molecule has 2 aromatic carbocycles. The van der Waals surface area contributed by atoms with Crippen LogP contribution in [-0.2, 0) is 17.5 Å². The molecule has 2 heterocycles. The lowest BCUT2D eigenvalue weighted by Crippen LogP contribution is -2.40. The molecule has 0 aliphatic rings. The Morgan fingerprint density at radius 2 is 1.85 bits per heavy atom. The van der Waals surface area contributed by atoms with Crippen LogP contribution in [0, 0.1) is 0 Å². The van der Waals surface area contributed by atoms with E-state index < -0.39 is 35.4 Å². The van der Waals surface area contributed by atoms with Crippen LogP contribution < -0.4 is 16.6 Å². The number of nitrogens with zero attached hydrogens (tertiary/aromatic N) is 3. The molecule has 0 saturated carbocycles. The van der Waals surface area contributed by atoms with Gasteiger partial charge in [-0.3, -0.25) is 14.2 Å². The predicted molar refractivity (Wildman–Crippen MR) is 121 cm³/mol. The number of halogens is 3. The molecular weight excluding hydrogens is 477 g/mol. The molecule has 0 aliphatic heterocycles. The van der Waals surface area contributed by atoms with Gasteiger partial charge in [-0.05, 0) is 36.6 Å². The fraction of sp³-hybridized carbons (Fsp3) is 0.143. The number of thioether (sulfide) groups is 1. The van der Waals surface area contributed by atoms with E-state index in [0.717, 1.165) is 32.6 Å². The molecule has 1 amide bonds. The van der Waals surface area contributed by atoms with Crippen LogP contribution in [0.1, 0.15) is 5.56 Å². The number of alkyl halides is 3. The van der Waals surface area contributed by atoms with Crippen LogP contribution in [0.25, 0.3) is 16.0 Å². The average Bonchev–Trinajstić information content (AvgIpc) is 3.22. The Morgan fingerprint density at radius 3 is 2.52 bits per heavy atom. The van der Waals surface area contributed by atoms with E-state index in [1.54, 1.807) is 36.6 Å². The first-order chi connectivity index (χ1) is 15.7. The molecule has 1 N–H and O–H groups in total. The third-order valence-electron chi connectivity index (χ3n) is 4.63. The standard InChI is InChI=1S/C21H15F3N4O3S2/c1-32-19-26-17-16(33-19)18(30)28(14-8-3-2-4-9-14)20(31)27(17)11-15(29)25-13-7-5-6-12(10-13)21(22,23)24/h2-10H,11H2,1H3,(H,25,29). The molecule has 0 aliphatic carbocycles. The lowest BCUT2D eigenvalue weighted by molar-refractivity contribution is -0.137. The minimum Gasteiger partial charge on any atom is -0.325 e. The van der Waals surface area contributed by atoms with Crippen molar-refractivity contribution in [2.24, 2.45) is 0 Å². The molecule has 0 fully saturated rings. The summed E-state index contributed by atoms with van der Waals surface area (Å²) in [6.07, 6.45) is -2.81. The van der Waals surface area contributed by atoms with Gasteiger partial charge in [-0.25, -0.2) is 14.3 Å². The molecule has 0 saturated heterocycles. The number of hydrogen-bond acceptors (Lipinski definition) is 6. The van der Waals surface area contributed by atoms with Crippen molar-refractivity contribution >= 4 is 45.0 Å². The fourth-order valence-corrected chi connectivity index (χ4v) is 4.66. The van der Waals surface area contributed by atoms with E-state index in [-0.39, 0.29) is 16.0 Å². The highest BCUT2D eigenvalue weighted by molar-refractivity contribution is 8.00. The van der Waals surface area contributed by atoms with Crippen LogP contribution >= 0.6 is 23.1 Å². The second kappa shape index (κ2) is 8.87. The quantitative estimate of drug-likeness (QED) is 0.426. The molecule has 4 aromatic rings. The van der Waals surface area contributed by atoms with Gasteiger partial charge in [0.2, 0.25) is 5.91 Å². The molecule has 7 nitrogen and oxygen atoms in total. The first kappa shape index (κ1) is 22.8. The zero-order chi connectivity index (χ0) is 23.8. The molecule has 12 heteroatoms. The molecule has 170 valence electrons. The van der Waals surface area contributed by atoms with Crippen molar-refractivity contribution in [1.82, 2.24) is 14.1 Å². The number of aromatic nitrogens is 3. The van der Waals surface area contributed by atoms with Crippen molar-refractivity contribution in [2.45, 2.75) is 17.1 Å². The van der Waals surface area contributed by atoms with Crippen molar-refractivity contribution in [1.29, 1.82) is 0 Å². The summed E-state index contributed by atoms with van der Waals surface area (Å²) >= 11 is 2.38. The zero-order valence-corrected chi connectivity index (χ0v) is 18.6. The first-order valence-corrected chi connectivity index (χ1v) is 11.5. The Morgan fingerprint density at radius 1 is 1.12 bits per heavy atom. The summed E-state index contributed by atoms with van der Waals surface area (Å²) in [5.41, 5.74) is -1.96. The lowest BCUT2D eigenvalue weighted by Gasteiger charge is -2.12. The fourth-order valence-electron chi connectivity index (χ4n) is 3.17. The smallest absolute Gasteiger partial charge is 0.325 e. The highest BCUT2D eigenvalue weighted by atomic mass is 32.2. The summed E-state index contributed by atoms with van der Waals surface area (Å²) in [5.74, 6) is -0.741. The van der Waals surface area contributed by atoms with Gasteiger partial charge in [-0.2, -0.15) is 13.2 Å². The van der Waals surface area contributed by atoms with Gasteiger partial charge in [0.1, 0.15) is 11.2 Å². The summed E-state index contributed by atoms with van der Waals surface area (Å²) in [7, 11) is 0. The van der Waals surface area contributed by atoms with Gasteiger partial charge in [0.25, 0.3) is 5.56 Å². The Hall–Kier alpha value is -3.38. The summed E-state index contributed by atoms with van der Waals surface area (Å²) in [5, 5.41) is 2.37. The van der Waals surface area contributed by atoms with E-state index in [1.165, 1.54) is 23.9 Å². The van der Waals surface area contributed by atoms with E-state index in [2.05, 4.69) is 10.3 Å². The maximum absolute atomic E-state index is 13.2. The van der Waals surface area contributed by atoms with E-state index in [9.17, 15) is 27.6 Å². The van der Waals surface area contributed by atoms with Crippen LogP contribution in [0.3, 0.4) is 0 Å². The molecule has 0 radical (unpaired) electrons. The summed E-state index contributed by atoms with van der Waals surface area (Å²) in [6, 6.07) is 12.4. The second-order valence-corrected chi connectivity index (χ2v) is 8.86. The van der Waals surface area contributed by atoms with Gasteiger partial charge in [0.15, 0.2) is 9.99 Å². The Balaban J connectivity index is 1.77. The number of anilines is 1. The van der Waals surface area contributed by atoms with E-state index in [0.29, 0.717) is 10.0 Å². The maximum Gasteiger partial charge on any atom is 0.416 e. The molecule has 0 unspecified atom stereocenters. The van der Waals surface area contributed by atoms with E-state index in [4.69, 9.17) is 0 Å². The molecule has 0 bridgehead atoms. The number of carbonyl (C=O) groups excluding carboxylic acids is 1. The van der Waals surface area contributed by atoms with Crippen molar-refractivity contribution in [3.63, 3.8) is 0 Å². The molecule has 0 spiro atoms. The number of fused-ring (bicyclic) bond motifs is 1. The van der Waals surface area contributed by atoms with Crippen LogP contribution in [0.5, 0.6) is 0 Å². The minimum absolute atomic E-state index is 0.0470. The summed E-state index contributed by atoms with van der Waals surface area (Å²) in [6.45, 7) is -0.545. The normalized spacial score (nSPS) is 11.6. The zero-order valence-electron chi connectivity index (χ0n) is 16.9. The number of carbonyl (C=O) groups is 1. The second-order valence-electron chi connectivity index (χ2n) is 6.81. The lowest BCUT2D eigenvalue weighted by atomic mass is 10.2. The average molecular weight is 493 g/mol. The number of benzene rings is 2. The number of nitrogens with one attached hydrogen (secondary N) is 1. The highest BCUT2D eigenvalue weighted by Gasteiger charge is 2.30. The SMILES string of the molecule is CSc1nc2c(s1)c(=O)n(-c1ccccc1)c(=O)n2CC(=O)Nc1cccc(C(F)(F)F)c1. The Bertz CT molecular complexity index is 1460. The van der Waals surface area contributed by atoms with Gasteiger partial charge < -0.3 is 5.32 Å². The van der Waals surface area contributed by atoms with Crippen LogP contribution in [-0.4, -0.2) is 26.3 Å². The van der Waals surface area contributed by atoms with Crippen molar-refractivity contribution in [3.05, 3.63) is 81.0 Å². The third-order valence-corrected chi connectivity index (χ3v) is 6.65. The largest absolute Gasteiger partial charge is 0.416 e. The van der Waals surface area contributed by atoms with Crippen LogP contribution in [0.2, 0.25) is 0 Å². The summed E-state index contributed by atoms with van der Waals surface area (Å²) in [4.78, 5) is 43.2. The van der Waals surface area contributed by atoms with Gasteiger partial charge in [-0.15, -0.1) is 11.3 Å². The monoisotopic (exact) mass is 492 g/mol. The van der Waals surface area contributed by atoms with Gasteiger partial charge in [-0.1, -0.05) is 36.0 Å². The third kappa shape index (κ3) is 4.57. The molecular formula is C21H15F3N4O3S2. The van der Waals surface area contributed by atoms with Gasteiger partial charge >= 0.3 is 11.9 Å². The van der Waals surface area contributed by atoms with Gasteiger partial charge in [0.05, 0.1) is 11.3 Å². The molecule has 4 rings (SSSR count). The minimum atomic E-state index is -4.57. The van der Waals surface area contributed by atoms with Crippen molar-refractivity contribution in [2.75, 3.05) is 11.6 Å². The molecule has 0 atom stereocenters. The van der Waals surface area contributed by atoms with Gasteiger partial charge in [0, 0.05) is 5.69 Å². The van der Waals surface area contributed by atoms with E-state index in [1.807, 2.05) is 0 Å². The number of amides is 1. The Labute approximate surface area is 192 Å². The number of hydrogen-bond donors (Lipinski definition) is 1. The number of para-hydroxylation sites is 1. The Kier molecular flexibility index (Phi) is 6.13. The molecule has 2 aromatic heterocycles. The predicted octanol–water partition coefficient (Wildman–Crippen LogP) is 3.99. The van der Waals surface area contributed by atoms with E-state index >= 15 is 0 Å².